The van der Waals surface area contributed by atoms with Crippen LogP contribution in [-0.2, 0) is 13.0 Å². The summed E-state index contributed by atoms with van der Waals surface area (Å²) in [4.78, 5) is 5.48. The van der Waals surface area contributed by atoms with E-state index in [2.05, 4.69) is 37.0 Å². The van der Waals surface area contributed by atoms with E-state index >= 15 is 0 Å². The quantitative estimate of drug-likeness (QED) is 0.903. The summed E-state index contributed by atoms with van der Waals surface area (Å²) in [5.41, 5.74) is 4.87. The molecule has 0 aliphatic carbocycles. The molecule has 0 aliphatic heterocycles. The fourth-order valence-electron chi connectivity index (χ4n) is 1.92. The van der Waals surface area contributed by atoms with E-state index in [9.17, 15) is 0 Å². The molecule has 2 nitrogen and oxygen atoms in total. The van der Waals surface area contributed by atoms with E-state index in [4.69, 9.17) is 5.11 Å². The van der Waals surface area contributed by atoms with E-state index in [0.717, 1.165) is 22.0 Å². The van der Waals surface area contributed by atoms with Crippen LogP contribution in [0.5, 0.6) is 0 Å². The second kappa shape index (κ2) is 4.98. The Labute approximate surface area is 106 Å². The van der Waals surface area contributed by atoms with Crippen LogP contribution in [0, 0.1) is 20.8 Å². The molecule has 0 saturated heterocycles. The lowest BCUT2D eigenvalue weighted by Crippen LogP contribution is -1.92. The van der Waals surface area contributed by atoms with Gasteiger partial charge < -0.3 is 5.11 Å². The number of hydrogen-bond acceptors (Lipinski definition) is 3. The third-order valence-corrected chi connectivity index (χ3v) is 4.06. The number of aromatic nitrogens is 1. The third-order valence-electron chi connectivity index (χ3n) is 2.92. The van der Waals surface area contributed by atoms with Gasteiger partial charge >= 0.3 is 0 Å². The number of hydrogen-bond donors (Lipinski definition) is 1. The van der Waals surface area contributed by atoms with Crippen LogP contribution in [0.25, 0.3) is 0 Å². The summed E-state index contributed by atoms with van der Waals surface area (Å²) in [6.45, 7) is 6.29. The standard InChI is InChI=1S/C14H17NOS/c1-9-4-5-12(10(2)6-9)7-14-15-11(3)13(8-16)17-14/h4-6,16H,7-8H2,1-3H3. The van der Waals surface area contributed by atoms with Gasteiger partial charge in [-0.25, -0.2) is 4.98 Å². The molecule has 1 heterocycles. The highest BCUT2D eigenvalue weighted by atomic mass is 32.1. The Morgan fingerprint density at radius 3 is 2.59 bits per heavy atom. The van der Waals surface area contributed by atoms with Crippen molar-refractivity contribution in [3.63, 3.8) is 0 Å². The van der Waals surface area contributed by atoms with Crippen molar-refractivity contribution in [3.8, 4) is 0 Å². The van der Waals surface area contributed by atoms with E-state index in [1.165, 1.54) is 16.7 Å². The van der Waals surface area contributed by atoms with Gasteiger partial charge in [0.1, 0.15) is 0 Å². The zero-order valence-electron chi connectivity index (χ0n) is 10.4. The van der Waals surface area contributed by atoms with Crippen LogP contribution in [-0.4, -0.2) is 10.1 Å². The number of aryl methyl sites for hydroxylation is 3. The molecule has 0 bridgehead atoms. The highest BCUT2D eigenvalue weighted by Crippen LogP contribution is 2.22. The number of thiazole rings is 1. The van der Waals surface area contributed by atoms with E-state index in [-0.39, 0.29) is 6.61 Å². The average molecular weight is 247 g/mol. The van der Waals surface area contributed by atoms with Crippen LogP contribution in [0.1, 0.15) is 32.3 Å². The molecule has 0 amide bonds. The third kappa shape index (κ3) is 2.73. The molecular formula is C14H17NOS. The Hall–Kier alpha value is -1.19. The zero-order valence-corrected chi connectivity index (χ0v) is 11.3. The smallest absolute Gasteiger partial charge is 0.0975 e. The summed E-state index contributed by atoms with van der Waals surface area (Å²) >= 11 is 1.61. The average Bonchev–Trinajstić information content (AvgIpc) is 2.63. The van der Waals surface area contributed by atoms with Gasteiger partial charge in [-0.3, -0.25) is 0 Å². The van der Waals surface area contributed by atoms with Crippen LogP contribution in [0.15, 0.2) is 18.2 Å². The normalized spacial score (nSPS) is 10.8. The first-order chi connectivity index (χ1) is 8.10. The molecule has 2 aromatic rings. The molecular weight excluding hydrogens is 230 g/mol. The van der Waals surface area contributed by atoms with Gasteiger partial charge in [0.2, 0.25) is 0 Å². The number of aliphatic hydroxyl groups excluding tert-OH is 1. The minimum Gasteiger partial charge on any atom is -0.391 e. The van der Waals surface area contributed by atoms with Gasteiger partial charge in [0.05, 0.1) is 22.2 Å². The lowest BCUT2D eigenvalue weighted by molar-refractivity contribution is 0.284. The molecule has 0 unspecified atom stereocenters. The molecule has 3 heteroatoms. The molecule has 1 aromatic carbocycles. The SMILES string of the molecule is Cc1ccc(Cc2nc(C)c(CO)s2)c(C)c1. The minimum atomic E-state index is 0.0936. The molecule has 1 aromatic heterocycles. The largest absolute Gasteiger partial charge is 0.391 e. The molecule has 0 spiro atoms. The van der Waals surface area contributed by atoms with E-state index in [1.807, 2.05) is 6.92 Å². The Kier molecular flexibility index (Phi) is 3.60. The van der Waals surface area contributed by atoms with Gasteiger partial charge in [0, 0.05) is 6.42 Å². The number of nitrogens with zero attached hydrogens (tertiary/aromatic N) is 1. The number of aliphatic hydroxyl groups is 1. The van der Waals surface area contributed by atoms with Crippen LogP contribution >= 0.6 is 11.3 Å². The van der Waals surface area contributed by atoms with Gasteiger partial charge in [-0.2, -0.15) is 0 Å². The highest BCUT2D eigenvalue weighted by Gasteiger charge is 2.08. The van der Waals surface area contributed by atoms with Crippen molar-refractivity contribution < 1.29 is 5.11 Å². The van der Waals surface area contributed by atoms with Crippen LogP contribution in [0.4, 0.5) is 0 Å². The molecule has 0 atom stereocenters. The van der Waals surface area contributed by atoms with Crippen molar-refractivity contribution in [1.29, 1.82) is 0 Å². The fraction of sp³-hybridized carbons (Fsp3) is 0.357. The fourth-order valence-corrected chi connectivity index (χ4v) is 2.87. The Bertz CT molecular complexity index is 531. The predicted octanol–water partition coefficient (Wildman–Crippen LogP) is 3.15. The Morgan fingerprint density at radius 1 is 1.24 bits per heavy atom. The number of rotatable bonds is 3. The highest BCUT2D eigenvalue weighted by molar-refractivity contribution is 7.11. The summed E-state index contributed by atoms with van der Waals surface area (Å²) < 4.78 is 0. The molecule has 2 rings (SSSR count). The second-order valence-corrected chi connectivity index (χ2v) is 5.55. The Balaban J connectivity index is 2.25. The first-order valence-electron chi connectivity index (χ1n) is 5.72. The maximum absolute atomic E-state index is 9.16. The van der Waals surface area contributed by atoms with E-state index in [0.29, 0.717) is 0 Å². The van der Waals surface area contributed by atoms with Gasteiger partial charge in [0.25, 0.3) is 0 Å². The second-order valence-electron chi connectivity index (χ2n) is 4.38. The molecule has 1 N–H and O–H groups in total. The van der Waals surface area contributed by atoms with Gasteiger partial charge in [-0.05, 0) is 31.9 Å². The van der Waals surface area contributed by atoms with Crippen molar-refractivity contribution >= 4 is 11.3 Å². The van der Waals surface area contributed by atoms with E-state index in [1.54, 1.807) is 11.3 Å². The molecule has 90 valence electrons. The first-order valence-corrected chi connectivity index (χ1v) is 6.54. The number of benzene rings is 1. The Morgan fingerprint density at radius 2 is 2.00 bits per heavy atom. The summed E-state index contributed by atoms with van der Waals surface area (Å²) in [5.74, 6) is 0. The van der Waals surface area contributed by atoms with Crippen LogP contribution < -0.4 is 0 Å². The lowest BCUT2D eigenvalue weighted by Gasteiger charge is -2.04. The molecule has 0 aliphatic rings. The molecule has 0 saturated carbocycles. The van der Waals surface area contributed by atoms with Crippen molar-refractivity contribution in [2.45, 2.75) is 33.8 Å². The predicted molar refractivity (Wildman–Crippen MR) is 71.5 cm³/mol. The van der Waals surface area contributed by atoms with Crippen molar-refractivity contribution in [1.82, 2.24) is 4.98 Å². The van der Waals surface area contributed by atoms with E-state index < -0.39 is 0 Å². The van der Waals surface area contributed by atoms with Crippen LogP contribution in [0.2, 0.25) is 0 Å². The molecule has 0 radical (unpaired) electrons. The zero-order chi connectivity index (χ0) is 12.4. The van der Waals surface area contributed by atoms with Crippen molar-refractivity contribution in [3.05, 3.63) is 50.5 Å². The maximum Gasteiger partial charge on any atom is 0.0975 e. The summed E-state index contributed by atoms with van der Waals surface area (Å²) in [5, 5.41) is 10.2. The van der Waals surface area contributed by atoms with Gasteiger partial charge in [0.15, 0.2) is 0 Å². The summed E-state index contributed by atoms with van der Waals surface area (Å²) in [7, 11) is 0. The maximum atomic E-state index is 9.16. The summed E-state index contributed by atoms with van der Waals surface area (Å²) in [6.07, 6.45) is 0.859. The topological polar surface area (TPSA) is 33.1 Å². The molecule has 17 heavy (non-hydrogen) atoms. The van der Waals surface area contributed by atoms with Crippen molar-refractivity contribution in [2.24, 2.45) is 0 Å². The van der Waals surface area contributed by atoms with Gasteiger partial charge in [-0.15, -0.1) is 11.3 Å². The molecule has 0 fully saturated rings. The minimum absolute atomic E-state index is 0.0936. The van der Waals surface area contributed by atoms with Gasteiger partial charge in [-0.1, -0.05) is 23.8 Å². The monoisotopic (exact) mass is 247 g/mol. The summed E-state index contributed by atoms with van der Waals surface area (Å²) in [6, 6.07) is 6.50. The van der Waals surface area contributed by atoms with Crippen molar-refractivity contribution in [2.75, 3.05) is 0 Å². The van der Waals surface area contributed by atoms with Crippen LogP contribution in [0.3, 0.4) is 0 Å². The lowest BCUT2D eigenvalue weighted by atomic mass is 10.0. The first kappa shape index (κ1) is 12.3.